The molecular weight excluding hydrogens is 422 g/mol. The first-order valence-electron chi connectivity index (χ1n) is 11.2. The van der Waals surface area contributed by atoms with Crippen LogP contribution in [0.1, 0.15) is 46.0 Å². The molecule has 1 aromatic heterocycles. The van der Waals surface area contributed by atoms with Crippen molar-refractivity contribution in [2.75, 3.05) is 19.8 Å². The number of aromatic nitrogens is 2. The average Bonchev–Trinajstić information content (AvgIpc) is 3.04. The predicted molar refractivity (Wildman–Crippen MR) is 113 cm³/mol. The van der Waals surface area contributed by atoms with Crippen molar-refractivity contribution in [1.29, 1.82) is 0 Å². The van der Waals surface area contributed by atoms with Crippen LogP contribution < -0.4 is 9.47 Å². The molecule has 176 valence electrons. The average molecular weight is 452 g/mol. The van der Waals surface area contributed by atoms with Gasteiger partial charge >= 0.3 is 0 Å². The van der Waals surface area contributed by atoms with Gasteiger partial charge in [0.1, 0.15) is 29.0 Å². The molecule has 1 aliphatic carbocycles. The number of fused-ring (bicyclic) bond motifs is 1. The van der Waals surface area contributed by atoms with Crippen molar-refractivity contribution >= 4 is 16.8 Å². The predicted octanol–water partition coefficient (Wildman–Crippen LogP) is 3.95. The topological polar surface area (TPSA) is 71.8 Å². The molecule has 0 bridgehead atoms. The number of hydrogen-bond acceptors (Lipinski definition) is 6. The summed E-state index contributed by atoms with van der Waals surface area (Å²) in [6, 6.07) is 1.21. The summed E-state index contributed by atoms with van der Waals surface area (Å²) in [7, 11) is 1.61. The van der Waals surface area contributed by atoms with Crippen molar-refractivity contribution in [3.8, 4) is 11.8 Å². The van der Waals surface area contributed by atoms with E-state index in [2.05, 4.69) is 4.98 Å². The summed E-state index contributed by atoms with van der Waals surface area (Å²) in [4.78, 5) is 15.4. The van der Waals surface area contributed by atoms with Crippen molar-refractivity contribution < 1.29 is 32.5 Å². The lowest BCUT2D eigenvalue weighted by Crippen LogP contribution is -2.38. The molecule has 2 aromatic rings. The maximum atomic E-state index is 15.0. The second-order valence-corrected chi connectivity index (χ2v) is 8.96. The Hall–Kier alpha value is -2.26. The molecule has 2 aliphatic rings. The van der Waals surface area contributed by atoms with Crippen LogP contribution >= 0.6 is 0 Å². The highest BCUT2D eigenvalue weighted by Crippen LogP contribution is 2.34. The Bertz CT molecular complexity index is 967. The number of nitrogens with zero attached hydrogens (tertiary/aromatic N) is 2. The Kier molecular flexibility index (Phi) is 6.95. The molecule has 32 heavy (non-hydrogen) atoms. The van der Waals surface area contributed by atoms with Crippen LogP contribution in [0.15, 0.2) is 6.07 Å². The number of imidazole rings is 1. The lowest BCUT2D eigenvalue weighted by atomic mass is 9.95. The normalized spacial score (nSPS) is 22.5. The van der Waals surface area contributed by atoms with E-state index in [1.54, 1.807) is 14.0 Å². The first-order chi connectivity index (χ1) is 15.3. The van der Waals surface area contributed by atoms with Crippen LogP contribution in [0.5, 0.6) is 11.8 Å². The third-order valence-electron chi connectivity index (χ3n) is 6.01. The molecule has 7 nitrogen and oxygen atoms in total. The number of benzene rings is 1. The van der Waals surface area contributed by atoms with Gasteiger partial charge in [0.25, 0.3) is 6.01 Å². The van der Waals surface area contributed by atoms with E-state index in [0.29, 0.717) is 26.2 Å². The fourth-order valence-electron chi connectivity index (χ4n) is 4.23. The van der Waals surface area contributed by atoms with Gasteiger partial charge in [-0.1, -0.05) is 6.92 Å². The van der Waals surface area contributed by atoms with E-state index in [0.717, 1.165) is 31.7 Å². The minimum absolute atomic E-state index is 0.0201. The Balaban J connectivity index is 1.37. The molecule has 9 heteroatoms. The molecule has 2 fully saturated rings. The van der Waals surface area contributed by atoms with Gasteiger partial charge in [0.2, 0.25) is 0 Å². The van der Waals surface area contributed by atoms with Crippen molar-refractivity contribution in [2.24, 2.45) is 13.0 Å². The zero-order valence-electron chi connectivity index (χ0n) is 18.7. The summed E-state index contributed by atoms with van der Waals surface area (Å²) < 4.78 is 53.6. The molecule has 1 atom stereocenters. The number of carbonyl (C=O) groups is 1. The summed E-state index contributed by atoms with van der Waals surface area (Å²) in [6.07, 6.45) is 3.46. The van der Waals surface area contributed by atoms with E-state index >= 15 is 4.39 Å². The molecule has 1 saturated carbocycles. The minimum Gasteiger partial charge on any atom is -0.482 e. The smallest absolute Gasteiger partial charge is 0.297 e. The highest BCUT2D eigenvalue weighted by molar-refractivity contribution is 5.80. The van der Waals surface area contributed by atoms with Crippen molar-refractivity contribution in [3.05, 3.63) is 17.7 Å². The molecule has 0 radical (unpaired) electrons. The monoisotopic (exact) mass is 452 g/mol. The number of ether oxygens (including phenoxy) is 4. The lowest BCUT2D eigenvalue weighted by Gasteiger charge is -2.29. The Morgan fingerprint density at radius 3 is 2.50 bits per heavy atom. The molecule has 0 spiro atoms. The second kappa shape index (κ2) is 9.70. The van der Waals surface area contributed by atoms with Gasteiger partial charge in [0.05, 0.1) is 19.3 Å². The summed E-state index contributed by atoms with van der Waals surface area (Å²) in [6.45, 7) is 4.89. The summed E-state index contributed by atoms with van der Waals surface area (Å²) >= 11 is 0. The van der Waals surface area contributed by atoms with Crippen molar-refractivity contribution in [2.45, 2.75) is 64.3 Å². The third-order valence-corrected chi connectivity index (χ3v) is 6.01. The number of rotatable bonds is 9. The molecule has 0 amide bonds. The Labute approximate surface area is 186 Å². The molecule has 2 heterocycles. The molecule has 1 saturated heterocycles. The van der Waals surface area contributed by atoms with Crippen molar-refractivity contribution in [1.82, 2.24) is 9.55 Å². The highest BCUT2D eigenvalue weighted by Gasteiger charge is 2.28. The van der Waals surface area contributed by atoms with E-state index in [1.807, 2.05) is 6.92 Å². The molecule has 1 aliphatic heterocycles. The van der Waals surface area contributed by atoms with Crippen LogP contribution in [0.4, 0.5) is 8.78 Å². The highest BCUT2D eigenvalue weighted by atomic mass is 19.1. The van der Waals surface area contributed by atoms with E-state index < -0.39 is 11.6 Å². The molecule has 1 aromatic carbocycles. The SMILES string of the molecule is CC(=O)C[C@@H](C)COC1CCC(Oc2nc3c(F)cc(OC4COC4)c(F)c3n2C)CC1. The van der Waals surface area contributed by atoms with Gasteiger partial charge in [-0.3, -0.25) is 4.57 Å². The maximum absolute atomic E-state index is 15.0. The van der Waals surface area contributed by atoms with Gasteiger partial charge in [0, 0.05) is 26.1 Å². The number of Topliss-reactive ketones (excluding diaryl/α,β-unsaturated/α-hetero) is 1. The number of halogens is 2. The number of carbonyl (C=O) groups excluding carboxylic acids is 1. The van der Waals surface area contributed by atoms with Gasteiger partial charge in [0.15, 0.2) is 17.4 Å². The Morgan fingerprint density at radius 1 is 1.19 bits per heavy atom. The molecular formula is C23H30F2N2O5. The van der Waals surface area contributed by atoms with Crippen LogP contribution in [0.25, 0.3) is 11.0 Å². The maximum Gasteiger partial charge on any atom is 0.297 e. The fourth-order valence-corrected chi connectivity index (χ4v) is 4.23. The summed E-state index contributed by atoms with van der Waals surface area (Å²) in [5.74, 6) is -1.08. The van der Waals surface area contributed by atoms with Crippen LogP contribution in [0.3, 0.4) is 0 Å². The van der Waals surface area contributed by atoms with E-state index in [9.17, 15) is 9.18 Å². The molecule has 4 rings (SSSR count). The van der Waals surface area contributed by atoms with Gasteiger partial charge in [-0.2, -0.15) is 4.98 Å². The third kappa shape index (κ3) is 5.04. The largest absolute Gasteiger partial charge is 0.482 e. The van der Waals surface area contributed by atoms with Gasteiger partial charge < -0.3 is 23.7 Å². The standard InChI is InChI=1S/C23H30F2N2O5/c1-13(8-14(2)28)10-30-15-4-6-16(7-5-15)32-23-26-21-18(24)9-19(31-17-11-29-12-17)20(25)22(21)27(23)3/h9,13,15-17H,4-8,10-12H2,1-3H3/t13-,15?,16?/m1/s1. The second-order valence-electron chi connectivity index (χ2n) is 8.96. The molecule has 0 unspecified atom stereocenters. The van der Waals surface area contributed by atoms with Crippen LogP contribution in [-0.4, -0.2) is 53.5 Å². The quantitative estimate of drug-likeness (QED) is 0.574. The number of ketones is 1. The van der Waals surface area contributed by atoms with Gasteiger partial charge in [-0.25, -0.2) is 8.78 Å². The minimum atomic E-state index is -0.657. The Morgan fingerprint density at radius 2 is 1.88 bits per heavy atom. The van der Waals surface area contributed by atoms with Crippen LogP contribution in [0.2, 0.25) is 0 Å². The van der Waals surface area contributed by atoms with E-state index in [1.165, 1.54) is 4.57 Å². The number of hydrogen-bond donors (Lipinski definition) is 0. The van der Waals surface area contributed by atoms with E-state index in [4.69, 9.17) is 18.9 Å². The fraction of sp³-hybridized carbons (Fsp3) is 0.652. The number of aryl methyl sites for hydroxylation is 1. The zero-order chi connectivity index (χ0) is 22.8. The van der Waals surface area contributed by atoms with Crippen LogP contribution in [-0.2, 0) is 21.3 Å². The van der Waals surface area contributed by atoms with Gasteiger partial charge in [-0.15, -0.1) is 0 Å². The van der Waals surface area contributed by atoms with E-state index in [-0.39, 0.29) is 52.8 Å². The van der Waals surface area contributed by atoms with Crippen molar-refractivity contribution in [3.63, 3.8) is 0 Å². The first kappa shape index (κ1) is 22.9. The summed E-state index contributed by atoms with van der Waals surface area (Å²) in [5.41, 5.74) is -0.0552. The lowest BCUT2D eigenvalue weighted by molar-refractivity contribution is -0.118. The molecule has 0 N–H and O–H groups in total. The van der Waals surface area contributed by atoms with Gasteiger partial charge in [-0.05, 0) is 38.5 Å². The van der Waals surface area contributed by atoms with Crippen LogP contribution in [0, 0.1) is 17.6 Å². The first-order valence-corrected chi connectivity index (χ1v) is 11.2. The summed E-state index contributed by atoms with van der Waals surface area (Å²) in [5, 5.41) is 0. The zero-order valence-corrected chi connectivity index (χ0v) is 18.7.